The minimum absolute atomic E-state index is 0.103. The van der Waals surface area contributed by atoms with Gasteiger partial charge in [-0.1, -0.05) is 360 Å². The highest BCUT2D eigenvalue weighted by Gasteiger charge is 2.30. The number of carbonyl (C=O) groups excluding carboxylic acids is 4. The maximum atomic E-state index is 13.1. The number of hydrogen-bond donors (Lipinski definition) is 3. The molecule has 19 heteroatoms. The highest BCUT2D eigenvalue weighted by atomic mass is 31.2. The average molecular weight is 1460 g/mol. The first-order valence-electron chi connectivity index (χ1n) is 41.6. The lowest BCUT2D eigenvalue weighted by molar-refractivity contribution is -0.161. The van der Waals surface area contributed by atoms with Gasteiger partial charge in [0, 0.05) is 25.7 Å². The topological polar surface area (TPSA) is 237 Å². The third-order valence-electron chi connectivity index (χ3n) is 18.5. The van der Waals surface area contributed by atoms with Gasteiger partial charge in [0.05, 0.1) is 26.4 Å². The molecule has 0 radical (unpaired) electrons. The van der Waals surface area contributed by atoms with Crippen molar-refractivity contribution in [3.05, 3.63) is 24.3 Å². The van der Waals surface area contributed by atoms with Crippen LogP contribution in [-0.2, 0) is 65.4 Å². The third kappa shape index (κ3) is 73.8. The molecule has 0 aromatic rings. The van der Waals surface area contributed by atoms with Crippen LogP contribution in [0.4, 0.5) is 0 Å². The predicted octanol–water partition coefficient (Wildman–Crippen LogP) is 24.1. The fourth-order valence-electron chi connectivity index (χ4n) is 12.1. The fraction of sp³-hybridized carbons (Fsp3) is 0.901. The predicted molar refractivity (Wildman–Crippen MR) is 409 cm³/mol. The van der Waals surface area contributed by atoms with Gasteiger partial charge in [0.25, 0.3) is 0 Å². The van der Waals surface area contributed by atoms with Crippen LogP contribution in [0.25, 0.3) is 0 Å². The number of rotatable bonds is 80. The van der Waals surface area contributed by atoms with E-state index in [4.69, 9.17) is 37.0 Å². The highest BCUT2D eigenvalue weighted by molar-refractivity contribution is 7.47. The molecule has 0 bridgehead atoms. The first-order chi connectivity index (χ1) is 48.7. The summed E-state index contributed by atoms with van der Waals surface area (Å²) in [6.45, 7) is 4.95. The molecule has 590 valence electrons. The summed E-state index contributed by atoms with van der Waals surface area (Å²) < 4.78 is 68.6. The van der Waals surface area contributed by atoms with Crippen LogP contribution in [0.5, 0.6) is 0 Å². The van der Waals surface area contributed by atoms with Gasteiger partial charge in [-0.15, -0.1) is 0 Å². The highest BCUT2D eigenvalue weighted by Crippen LogP contribution is 2.45. The van der Waals surface area contributed by atoms with Crippen LogP contribution in [0.3, 0.4) is 0 Å². The molecule has 5 atom stereocenters. The summed E-state index contributed by atoms with van der Waals surface area (Å²) in [5.74, 6) is -2.14. The van der Waals surface area contributed by atoms with Gasteiger partial charge >= 0.3 is 39.5 Å². The zero-order valence-corrected chi connectivity index (χ0v) is 66.5. The quantitative estimate of drug-likeness (QED) is 0.0169. The van der Waals surface area contributed by atoms with E-state index >= 15 is 0 Å². The Morgan fingerprint density at radius 2 is 0.480 bits per heavy atom. The summed E-state index contributed by atoms with van der Waals surface area (Å²) in [6, 6.07) is 0. The zero-order valence-electron chi connectivity index (χ0n) is 64.7. The Balaban J connectivity index is 5.23. The number of ether oxygens (including phenoxy) is 4. The SMILES string of the molecule is CCCCCC/C=C\C=C/CCCCCCCC(=O)OC[C@H](COP(=O)(O)OC[C@@H](O)COP(=O)(O)OC[C@@H](COC(=O)CCCCCCCCCCCCC)OC(=O)CCCCCCCCCCCCCC)OC(=O)CCCCCCCCCCCCCCCCCCCCCCCC. The van der Waals surface area contributed by atoms with Crippen LogP contribution in [0.15, 0.2) is 24.3 Å². The molecule has 0 heterocycles. The lowest BCUT2D eigenvalue weighted by Gasteiger charge is -2.21. The van der Waals surface area contributed by atoms with Crippen LogP contribution in [0.2, 0.25) is 0 Å². The molecule has 0 aliphatic carbocycles. The van der Waals surface area contributed by atoms with Crippen molar-refractivity contribution in [1.82, 2.24) is 0 Å². The number of allylic oxidation sites excluding steroid dienone is 4. The Kier molecular flexibility index (Phi) is 73.0. The number of carbonyl (C=O) groups is 4. The van der Waals surface area contributed by atoms with Crippen molar-refractivity contribution in [2.75, 3.05) is 39.6 Å². The van der Waals surface area contributed by atoms with Crippen LogP contribution in [-0.4, -0.2) is 96.7 Å². The van der Waals surface area contributed by atoms with E-state index in [0.717, 1.165) is 109 Å². The summed E-state index contributed by atoms with van der Waals surface area (Å²) in [5, 5.41) is 10.6. The van der Waals surface area contributed by atoms with E-state index in [9.17, 15) is 43.2 Å². The van der Waals surface area contributed by atoms with Gasteiger partial charge in [-0.25, -0.2) is 9.13 Å². The average Bonchev–Trinajstić information content (AvgIpc) is 1.000. The van der Waals surface area contributed by atoms with Gasteiger partial charge < -0.3 is 33.8 Å². The molecule has 0 aromatic heterocycles. The standard InChI is InChI=1S/C81H154O17P2/c1-5-9-13-17-21-25-29-32-34-35-36-37-38-39-40-42-44-48-52-56-60-64-68-81(86)98-77(72-92-79(84)66-62-58-54-50-47-43-41-33-30-26-22-18-14-10-6-2)74-96-100(89,90)94-70-75(82)69-93-99(87,88)95-73-76(71-91-78(83)65-61-57-53-49-45-28-24-20-16-12-8-4)97-80(85)67-63-59-55-51-46-31-27-23-19-15-11-7-3/h26,30,33,41,75-77,82H,5-25,27-29,31-32,34-40,42-74H2,1-4H3,(H,87,88)(H,89,90)/b30-26-,41-33-/t75-,76+,77+/m0/s1. The first kappa shape index (κ1) is 97.5. The molecular formula is C81H154O17P2. The van der Waals surface area contributed by atoms with Crippen molar-refractivity contribution in [2.24, 2.45) is 0 Å². The Hall–Kier alpha value is -2.46. The summed E-state index contributed by atoms with van der Waals surface area (Å²) in [4.78, 5) is 72.9. The molecule has 0 aliphatic heterocycles. The molecule has 0 amide bonds. The second-order valence-corrected chi connectivity index (χ2v) is 31.4. The monoisotopic (exact) mass is 1460 g/mol. The van der Waals surface area contributed by atoms with E-state index in [1.54, 1.807) is 0 Å². The van der Waals surface area contributed by atoms with Crippen molar-refractivity contribution >= 4 is 39.5 Å². The molecule has 0 aliphatic rings. The summed E-state index contributed by atoms with van der Waals surface area (Å²) in [5.41, 5.74) is 0. The van der Waals surface area contributed by atoms with E-state index in [2.05, 4.69) is 52.0 Å². The van der Waals surface area contributed by atoms with Crippen LogP contribution in [0, 0.1) is 0 Å². The Labute approximate surface area is 612 Å². The molecule has 3 N–H and O–H groups in total. The molecule has 0 saturated carbocycles. The summed E-state index contributed by atoms with van der Waals surface area (Å²) >= 11 is 0. The first-order valence-corrected chi connectivity index (χ1v) is 44.6. The van der Waals surface area contributed by atoms with Crippen molar-refractivity contribution in [2.45, 2.75) is 431 Å². The molecule has 0 saturated heterocycles. The van der Waals surface area contributed by atoms with Crippen molar-refractivity contribution in [3.8, 4) is 0 Å². The lowest BCUT2D eigenvalue weighted by atomic mass is 10.0. The Bertz CT molecular complexity index is 1990. The van der Waals surface area contributed by atoms with Gasteiger partial charge in [-0.3, -0.25) is 37.3 Å². The number of unbranched alkanes of at least 4 members (excludes halogenated alkanes) is 51. The molecule has 17 nitrogen and oxygen atoms in total. The van der Waals surface area contributed by atoms with Gasteiger partial charge in [0.15, 0.2) is 12.2 Å². The number of hydrogen-bond acceptors (Lipinski definition) is 15. The number of aliphatic hydroxyl groups excluding tert-OH is 1. The third-order valence-corrected chi connectivity index (χ3v) is 20.4. The Morgan fingerprint density at radius 1 is 0.280 bits per heavy atom. The van der Waals surface area contributed by atoms with Crippen LogP contribution < -0.4 is 0 Å². The van der Waals surface area contributed by atoms with E-state index in [0.29, 0.717) is 25.7 Å². The molecule has 0 fully saturated rings. The second kappa shape index (κ2) is 74.8. The van der Waals surface area contributed by atoms with Gasteiger partial charge in [-0.05, 0) is 51.4 Å². The minimum atomic E-state index is -4.97. The molecule has 0 spiro atoms. The van der Waals surface area contributed by atoms with Crippen LogP contribution >= 0.6 is 15.6 Å². The summed E-state index contributed by atoms with van der Waals surface area (Å²) in [6.07, 6.45) is 70.2. The minimum Gasteiger partial charge on any atom is -0.462 e. The second-order valence-electron chi connectivity index (χ2n) is 28.5. The normalized spacial score (nSPS) is 13.9. The number of phosphoric ester groups is 2. The van der Waals surface area contributed by atoms with Crippen molar-refractivity contribution in [1.29, 1.82) is 0 Å². The van der Waals surface area contributed by atoms with E-state index in [1.165, 1.54) is 225 Å². The maximum absolute atomic E-state index is 13.1. The molecule has 2 unspecified atom stereocenters. The zero-order chi connectivity index (χ0) is 73.2. The van der Waals surface area contributed by atoms with Crippen molar-refractivity contribution < 1.29 is 80.2 Å². The van der Waals surface area contributed by atoms with Crippen molar-refractivity contribution in [3.63, 3.8) is 0 Å². The number of phosphoric acid groups is 2. The van der Waals surface area contributed by atoms with E-state index in [-0.39, 0.29) is 25.7 Å². The maximum Gasteiger partial charge on any atom is 0.472 e. The number of esters is 4. The smallest absolute Gasteiger partial charge is 0.462 e. The lowest BCUT2D eigenvalue weighted by Crippen LogP contribution is -2.30. The largest absolute Gasteiger partial charge is 0.472 e. The Morgan fingerprint density at radius 3 is 0.730 bits per heavy atom. The van der Waals surface area contributed by atoms with E-state index < -0.39 is 97.5 Å². The molecule has 0 aromatic carbocycles. The number of aliphatic hydroxyl groups is 1. The van der Waals surface area contributed by atoms with Crippen LogP contribution in [0.1, 0.15) is 413 Å². The van der Waals surface area contributed by atoms with Gasteiger partial charge in [0.1, 0.15) is 19.3 Å². The molecular weight excluding hydrogens is 1310 g/mol. The van der Waals surface area contributed by atoms with Gasteiger partial charge in [0.2, 0.25) is 0 Å². The molecule has 0 rings (SSSR count). The molecule has 100 heavy (non-hydrogen) atoms. The fourth-order valence-corrected chi connectivity index (χ4v) is 13.7. The van der Waals surface area contributed by atoms with Gasteiger partial charge in [-0.2, -0.15) is 0 Å². The van der Waals surface area contributed by atoms with E-state index in [1.807, 2.05) is 0 Å². The summed E-state index contributed by atoms with van der Waals surface area (Å²) in [7, 11) is -9.93.